The van der Waals surface area contributed by atoms with E-state index in [1.165, 1.54) is 0 Å². The molecule has 0 radical (unpaired) electrons. The van der Waals surface area contributed by atoms with E-state index >= 15 is 0 Å². The van der Waals surface area contributed by atoms with Crippen molar-refractivity contribution < 1.29 is 14.6 Å². The zero-order valence-corrected chi connectivity index (χ0v) is 14.3. The van der Waals surface area contributed by atoms with E-state index in [9.17, 15) is 9.90 Å². The highest BCUT2D eigenvalue weighted by molar-refractivity contribution is 6.05. The Labute approximate surface area is 146 Å². The summed E-state index contributed by atoms with van der Waals surface area (Å²) in [6.07, 6.45) is 1.13. The SMILES string of the molecule is CC(C)Oc1ccc([C@@H](O)CNC(=O)c2cccc3cc[nH]c23)cc1. The van der Waals surface area contributed by atoms with Gasteiger partial charge in [-0.1, -0.05) is 24.3 Å². The lowest BCUT2D eigenvalue weighted by atomic mass is 10.1. The number of aliphatic hydroxyl groups excluding tert-OH is 1. The second-order valence-electron chi connectivity index (χ2n) is 6.21. The number of carbonyl (C=O) groups excluding carboxylic acids is 1. The second-order valence-corrected chi connectivity index (χ2v) is 6.21. The maximum absolute atomic E-state index is 12.4. The fourth-order valence-corrected chi connectivity index (χ4v) is 2.72. The number of rotatable bonds is 6. The van der Waals surface area contributed by atoms with Gasteiger partial charge in [-0.25, -0.2) is 0 Å². The van der Waals surface area contributed by atoms with Crippen LogP contribution < -0.4 is 10.1 Å². The van der Waals surface area contributed by atoms with Crippen molar-refractivity contribution in [3.8, 4) is 5.75 Å². The van der Waals surface area contributed by atoms with Gasteiger partial charge in [0.2, 0.25) is 0 Å². The van der Waals surface area contributed by atoms with E-state index in [4.69, 9.17) is 4.74 Å². The average Bonchev–Trinajstić information content (AvgIpc) is 3.08. The van der Waals surface area contributed by atoms with Crippen molar-refractivity contribution in [3.05, 3.63) is 65.9 Å². The lowest BCUT2D eigenvalue weighted by molar-refractivity contribution is 0.0917. The molecular formula is C20H22N2O3. The van der Waals surface area contributed by atoms with Crippen molar-refractivity contribution in [1.29, 1.82) is 0 Å². The molecule has 3 aromatic rings. The third-order valence-electron chi connectivity index (χ3n) is 3.92. The molecule has 130 valence electrons. The minimum absolute atomic E-state index is 0.103. The second kappa shape index (κ2) is 7.40. The highest BCUT2D eigenvalue weighted by Gasteiger charge is 2.13. The largest absolute Gasteiger partial charge is 0.491 e. The minimum Gasteiger partial charge on any atom is -0.491 e. The van der Waals surface area contributed by atoms with Crippen LogP contribution in [0, 0.1) is 0 Å². The molecule has 1 amide bonds. The first-order valence-electron chi connectivity index (χ1n) is 8.33. The molecule has 2 aromatic carbocycles. The summed E-state index contributed by atoms with van der Waals surface area (Å²) in [6.45, 7) is 4.06. The van der Waals surface area contributed by atoms with Gasteiger partial charge in [-0.05, 0) is 43.7 Å². The van der Waals surface area contributed by atoms with Crippen LogP contribution >= 0.6 is 0 Å². The zero-order chi connectivity index (χ0) is 17.8. The number of hydrogen-bond acceptors (Lipinski definition) is 3. The number of aromatic amines is 1. The Hall–Kier alpha value is -2.79. The number of ether oxygens (including phenoxy) is 1. The van der Waals surface area contributed by atoms with Gasteiger partial charge in [-0.3, -0.25) is 4.79 Å². The van der Waals surface area contributed by atoms with Crippen molar-refractivity contribution in [2.24, 2.45) is 0 Å². The van der Waals surface area contributed by atoms with Crippen LogP contribution in [0.1, 0.15) is 35.9 Å². The molecule has 5 heteroatoms. The van der Waals surface area contributed by atoms with Crippen molar-refractivity contribution in [1.82, 2.24) is 10.3 Å². The lowest BCUT2D eigenvalue weighted by Crippen LogP contribution is -2.28. The molecule has 25 heavy (non-hydrogen) atoms. The van der Waals surface area contributed by atoms with Gasteiger partial charge in [0, 0.05) is 18.1 Å². The minimum atomic E-state index is -0.778. The monoisotopic (exact) mass is 338 g/mol. The first-order chi connectivity index (χ1) is 12.0. The number of H-pyrrole nitrogens is 1. The van der Waals surface area contributed by atoms with Gasteiger partial charge in [0.15, 0.2) is 0 Å². The van der Waals surface area contributed by atoms with Gasteiger partial charge in [0.1, 0.15) is 5.75 Å². The average molecular weight is 338 g/mol. The van der Waals surface area contributed by atoms with Gasteiger partial charge in [0.05, 0.1) is 23.3 Å². The summed E-state index contributed by atoms with van der Waals surface area (Å²) in [4.78, 5) is 15.5. The summed E-state index contributed by atoms with van der Waals surface area (Å²) in [5.41, 5.74) is 2.09. The standard InChI is InChI=1S/C20H22N2O3/c1-13(2)25-16-8-6-14(7-9-16)18(23)12-22-20(24)17-5-3-4-15-10-11-21-19(15)17/h3-11,13,18,21,23H,12H2,1-2H3,(H,22,24)/t18-/m0/s1. The van der Waals surface area contributed by atoms with Gasteiger partial charge in [-0.2, -0.15) is 0 Å². The molecule has 1 aromatic heterocycles. The molecule has 0 aliphatic heterocycles. The predicted octanol–water partition coefficient (Wildman–Crippen LogP) is 3.42. The fraction of sp³-hybridized carbons (Fsp3) is 0.250. The quantitative estimate of drug-likeness (QED) is 0.645. The number of aliphatic hydroxyl groups is 1. The molecule has 1 atom stereocenters. The van der Waals surface area contributed by atoms with E-state index in [-0.39, 0.29) is 18.6 Å². The third-order valence-corrected chi connectivity index (χ3v) is 3.92. The molecule has 0 aliphatic rings. The maximum atomic E-state index is 12.4. The fourth-order valence-electron chi connectivity index (χ4n) is 2.72. The molecule has 0 saturated carbocycles. The van der Waals surface area contributed by atoms with E-state index in [1.54, 1.807) is 24.4 Å². The van der Waals surface area contributed by atoms with E-state index in [1.807, 2.05) is 44.2 Å². The van der Waals surface area contributed by atoms with Crippen molar-refractivity contribution >= 4 is 16.8 Å². The molecule has 1 heterocycles. The summed E-state index contributed by atoms with van der Waals surface area (Å²) in [6, 6.07) is 14.7. The van der Waals surface area contributed by atoms with Crippen LogP contribution in [-0.2, 0) is 0 Å². The Kier molecular flexibility index (Phi) is 5.05. The number of fused-ring (bicyclic) bond motifs is 1. The first-order valence-corrected chi connectivity index (χ1v) is 8.33. The molecule has 0 bridgehead atoms. The van der Waals surface area contributed by atoms with Crippen LogP contribution in [0.2, 0.25) is 0 Å². The molecule has 0 unspecified atom stereocenters. The summed E-state index contributed by atoms with van der Waals surface area (Å²) in [5, 5.41) is 14.1. The molecule has 0 saturated heterocycles. The maximum Gasteiger partial charge on any atom is 0.253 e. The molecule has 5 nitrogen and oxygen atoms in total. The summed E-state index contributed by atoms with van der Waals surface area (Å²) in [7, 11) is 0. The lowest BCUT2D eigenvalue weighted by Gasteiger charge is -2.14. The number of aromatic nitrogens is 1. The van der Waals surface area contributed by atoms with E-state index in [0.717, 1.165) is 22.2 Å². The Bertz CT molecular complexity index is 853. The van der Waals surface area contributed by atoms with Crippen molar-refractivity contribution in [3.63, 3.8) is 0 Å². The summed E-state index contributed by atoms with van der Waals surface area (Å²) in [5.74, 6) is 0.542. The van der Waals surface area contributed by atoms with E-state index < -0.39 is 6.10 Å². The Balaban J connectivity index is 1.62. The van der Waals surface area contributed by atoms with Crippen LogP contribution in [0.5, 0.6) is 5.75 Å². The first kappa shape index (κ1) is 17.0. The number of nitrogens with one attached hydrogen (secondary N) is 2. The number of amides is 1. The Morgan fingerprint density at radius 2 is 1.92 bits per heavy atom. The number of benzene rings is 2. The third kappa shape index (κ3) is 4.00. The zero-order valence-electron chi connectivity index (χ0n) is 14.3. The highest BCUT2D eigenvalue weighted by Crippen LogP contribution is 2.19. The topological polar surface area (TPSA) is 74.3 Å². The smallest absolute Gasteiger partial charge is 0.253 e. The number of para-hydroxylation sites is 1. The van der Waals surface area contributed by atoms with Crippen LogP contribution in [0.15, 0.2) is 54.7 Å². The number of hydrogen-bond donors (Lipinski definition) is 3. The van der Waals surface area contributed by atoms with Crippen LogP contribution in [0.4, 0.5) is 0 Å². The summed E-state index contributed by atoms with van der Waals surface area (Å²) >= 11 is 0. The van der Waals surface area contributed by atoms with Gasteiger partial charge < -0.3 is 20.1 Å². The van der Waals surface area contributed by atoms with Gasteiger partial charge in [0.25, 0.3) is 5.91 Å². The molecule has 0 fully saturated rings. The Morgan fingerprint density at radius 1 is 1.16 bits per heavy atom. The molecular weight excluding hydrogens is 316 g/mol. The molecule has 3 N–H and O–H groups in total. The summed E-state index contributed by atoms with van der Waals surface area (Å²) < 4.78 is 5.58. The predicted molar refractivity (Wildman–Crippen MR) is 97.8 cm³/mol. The number of carbonyl (C=O) groups is 1. The van der Waals surface area contributed by atoms with Gasteiger partial charge >= 0.3 is 0 Å². The van der Waals surface area contributed by atoms with E-state index in [2.05, 4.69) is 10.3 Å². The molecule has 0 aliphatic carbocycles. The van der Waals surface area contributed by atoms with E-state index in [0.29, 0.717) is 5.56 Å². The van der Waals surface area contributed by atoms with Crippen LogP contribution in [-0.4, -0.2) is 28.6 Å². The normalized spacial score (nSPS) is 12.3. The van der Waals surface area contributed by atoms with Crippen LogP contribution in [0.25, 0.3) is 10.9 Å². The van der Waals surface area contributed by atoms with Crippen molar-refractivity contribution in [2.45, 2.75) is 26.1 Å². The van der Waals surface area contributed by atoms with Gasteiger partial charge in [-0.15, -0.1) is 0 Å². The Morgan fingerprint density at radius 3 is 2.64 bits per heavy atom. The van der Waals surface area contributed by atoms with Crippen molar-refractivity contribution in [2.75, 3.05) is 6.54 Å². The molecule has 0 spiro atoms. The molecule has 3 rings (SSSR count). The highest BCUT2D eigenvalue weighted by atomic mass is 16.5. The van der Waals surface area contributed by atoms with Crippen LogP contribution in [0.3, 0.4) is 0 Å².